The van der Waals surface area contributed by atoms with Crippen molar-refractivity contribution >= 4 is 7.08 Å². The van der Waals surface area contributed by atoms with Gasteiger partial charge in [0.2, 0.25) is 0 Å². The third-order valence-corrected chi connectivity index (χ3v) is 10.2. The molecule has 0 heterocycles. The van der Waals surface area contributed by atoms with Crippen molar-refractivity contribution in [1.29, 1.82) is 0 Å². The SMILES string of the molecule is CCCCCCCCCC[P-](OCC)(OCC)(OCC)(OCC)OCC. The van der Waals surface area contributed by atoms with Crippen LogP contribution in [0.4, 0.5) is 0 Å². The molecule has 0 rings (SSSR count). The molecule has 0 saturated heterocycles. The van der Waals surface area contributed by atoms with E-state index < -0.39 is 7.08 Å². The molecule has 0 saturated carbocycles. The first-order valence-corrected chi connectivity index (χ1v) is 13.4. The minimum atomic E-state index is -4.70. The normalized spacial score (nSPS) is 15.0. The van der Waals surface area contributed by atoms with Crippen LogP contribution in [0.1, 0.15) is 92.9 Å². The fourth-order valence-electron chi connectivity index (χ4n) is 3.77. The van der Waals surface area contributed by atoms with Crippen molar-refractivity contribution in [3.8, 4) is 0 Å². The standard InChI is InChI=1S/C20H46O5P/c1-7-13-14-15-16-17-18-19-20-26(21-8-2,22-9-3,23-10-4,24-11-5)25-12-6/h7-20H2,1-6H3/q-1. The van der Waals surface area contributed by atoms with Crippen molar-refractivity contribution in [3.05, 3.63) is 0 Å². The fourth-order valence-corrected chi connectivity index (χ4v) is 9.06. The number of hydrogen-bond donors (Lipinski definition) is 0. The predicted octanol–water partition coefficient (Wildman–Crippen LogP) is 6.97. The van der Waals surface area contributed by atoms with Crippen LogP contribution in [0.5, 0.6) is 0 Å². The zero-order valence-electron chi connectivity index (χ0n) is 18.4. The maximum atomic E-state index is 6.27. The Morgan fingerprint density at radius 1 is 0.423 bits per heavy atom. The van der Waals surface area contributed by atoms with Crippen LogP contribution >= 0.6 is 7.08 Å². The summed E-state index contributed by atoms with van der Waals surface area (Å²) in [5, 5.41) is 0. The predicted molar refractivity (Wildman–Crippen MR) is 113 cm³/mol. The Bertz CT molecular complexity index is 302. The average Bonchev–Trinajstić information content (AvgIpc) is 2.59. The van der Waals surface area contributed by atoms with Gasteiger partial charge in [-0.1, -0.05) is 0 Å². The molecule has 0 atom stereocenters. The van der Waals surface area contributed by atoms with Gasteiger partial charge in [0.15, 0.2) is 0 Å². The van der Waals surface area contributed by atoms with Gasteiger partial charge in [0.25, 0.3) is 0 Å². The van der Waals surface area contributed by atoms with Crippen LogP contribution in [0.3, 0.4) is 0 Å². The molecule has 0 aliphatic heterocycles. The van der Waals surface area contributed by atoms with E-state index in [0.717, 1.165) is 12.8 Å². The molecule has 5 nitrogen and oxygen atoms in total. The van der Waals surface area contributed by atoms with Gasteiger partial charge < -0.3 is 0 Å². The summed E-state index contributed by atoms with van der Waals surface area (Å²) in [6.07, 6.45) is 10.3. The van der Waals surface area contributed by atoms with Gasteiger partial charge in [0.05, 0.1) is 0 Å². The molecule has 162 valence electrons. The van der Waals surface area contributed by atoms with E-state index in [1.165, 1.54) is 38.5 Å². The third kappa shape index (κ3) is 7.00. The molecular weight excluding hydrogens is 351 g/mol. The first-order valence-electron chi connectivity index (χ1n) is 10.9. The number of hydrogen-bond acceptors (Lipinski definition) is 5. The molecule has 0 aliphatic carbocycles. The van der Waals surface area contributed by atoms with Crippen molar-refractivity contribution in [2.45, 2.75) is 92.9 Å². The first kappa shape index (κ1) is 26.2. The van der Waals surface area contributed by atoms with Gasteiger partial charge in [-0.3, -0.25) is 0 Å². The molecule has 0 aromatic carbocycles. The number of unbranched alkanes of at least 4 members (excludes halogenated alkanes) is 7. The molecule has 0 fully saturated rings. The Kier molecular flexibility index (Phi) is 12.8. The Morgan fingerprint density at radius 2 is 0.731 bits per heavy atom. The fraction of sp³-hybridized carbons (Fsp3) is 1.00. The zero-order valence-corrected chi connectivity index (χ0v) is 19.3. The second-order valence-corrected chi connectivity index (χ2v) is 11.2. The Balaban J connectivity index is 5.22. The topological polar surface area (TPSA) is 46.2 Å². The minimum absolute atomic E-state index is 0.423. The summed E-state index contributed by atoms with van der Waals surface area (Å²) >= 11 is 0. The van der Waals surface area contributed by atoms with E-state index in [9.17, 15) is 0 Å². The van der Waals surface area contributed by atoms with E-state index in [-0.39, 0.29) is 0 Å². The molecule has 0 amide bonds. The van der Waals surface area contributed by atoms with Crippen molar-refractivity contribution in [1.82, 2.24) is 0 Å². The van der Waals surface area contributed by atoms with Crippen LogP contribution < -0.4 is 0 Å². The molecule has 0 bridgehead atoms. The van der Waals surface area contributed by atoms with Crippen molar-refractivity contribution in [2.75, 3.05) is 39.2 Å². The van der Waals surface area contributed by atoms with Gasteiger partial charge in [-0.2, -0.15) is 0 Å². The van der Waals surface area contributed by atoms with Crippen molar-refractivity contribution in [2.24, 2.45) is 0 Å². The summed E-state index contributed by atoms with van der Waals surface area (Å²) in [7, 11) is -4.70. The quantitative estimate of drug-likeness (QED) is 0.174. The van der Waals surface area contributed by atoms with E-state index in [4.69, 9.17) is 22.6 Å². The summed E-state index contributed by atoms with van der Waals surface area (Å²) < 4.78 is 31.4. The van der Waals surface area contributed by atoms with Gasteiger partial charge in [-0.15, -0.1) is 0 Å². The third-order valence-electron chi connectivity index (χ3n) is 4.62. The second-order valence-electron chi connectivity index (χ2n) is 6.68. The van der Waals surface area contributed by atoms with Gasteiger partial charge in [0.1, 0.15) is 0 Å². The monoisotopic (exact) mass is 397 g/mol. The van der Waals surface area contributed by atoms with Crippen LogP contribution in [0, 0.1) is 0 Å². The Hall–Kier alpha value is 0.230. The number of rotatable bonds is 19. The van der Waals surface area contributed by atoms with Crippen LogP contribution in [0.15, 0.2) is 0 Å². The van der Waals surface area contributed by atoms with Crippen molar-refractivity contribution in [3.63, 3.8) is 0 Å². The average molecular weight is 398 g/mol. The van der Waals surface area contributed by atoms with Crippen LogP contribution in [-0.2, 0) is 22.6 Å². The van der Waals surface area contributed by atoms with E-state index in [2.05, 4.69) is 6.92 Å². The van der Waals surface area contributed by atoms with E-state index in [1.807, 2.05) is 34.6 Å². The summed E-state index contributed by atoms with van der Waals surface area (Å²) in [6, 6.07) is 0. The molecule has 0 unspecified atom stereocenters. The van der Waals surface area contributed by atoms with Gasteiger partial charge in [-0.05, 0) is 0 Å². The molecule has 0 N–H and O–H groups in total. The molecule has 0 aliphatic rings. The molecular formula is C20H46O5P-. The van der Waals surface area contributed by atoms with Gasteiger partial charge in [0, 0.05) is 0 Å². The second kappa shape index (κ2) is 12.6. The van der Waals surface area contributed by atoms with Gasteiger partial charge >= 0.3 is 162 Å². The van der Waals surface area contributed by atoms with Gasteiger partial charge in [-0.25, -0.2) is 0 Å². The van der Waals surface area contributed by atoms with Crippen molar-refractivity contribution < 1.29 is 22.6 Å². The molecule has 26 heavy (non-hydrogen) atoms. The molecule has 0 radical (unpaired) electrons. The molecule has 0 spiro atoms. The first-order chi connectivity index (χ1) is 12.5. The zero-order chi connectivity index (χ0) is 19.8. The molecule has 0 aromatic heterocycles. The summed E-state index contributed by atoms with van der Waals surface area (Å²) in [6.45, 7) is 14.1. The molecule has 6 heteroatoms. The van der Waals surface area contributed by atoms with Crippen LogP contribution in [-0.4, -0.2) is 39.2 Å². The Morgan fingerprint density at radius 3 is 1.04 bits per heavy atom. The summed E-state index contributed by atoms with van der Waals surface area (Å²) in [5.41, 5.74) is 0. The van der Waals surface area contributed by atoms with Crippen LogP contribution in [0.2, 0.25) is 0 Å². The van der Waals surface area contributed by atoms with E-state index >= 15 is 0 Å². The summed E-state index contributed by atoms with van der Waals surface area (Å²) in [5.74, 6) is 0. The van der Waals surface area contributed by atoms with E-state index in [0.29, 0.717) is 39.2 Å². The Labute approximate surface area is 162 Å². The molecule has 0 aromatic rings. The van der Waals surface area contributed by atoms with E-state index in [1.54, 1.807) is 0 Å². The maximum absolute atomic E-state index is 6.27. The van der Waals surface area contributed by atoms with Crippen LogP contribution in [0.25, 0.3) is 0 Å². The summed E-state index contributed by atoms with van der Waals surface area (Å²) in [4.78, 5) is 0.